The normalized spacial score (nSPS) is 13.7. The van der Waals surface area contributed by atoms with Gasteiger partial charge in [0.2, 0.25) is 0 Å². The zero-order valence-corrected chi connectivity index (χ0v) is 23.9. The maximum Gasteiger partial charge on any atom is 0.399 e. The topological polar surface area (TPSA) is 115 Å². The molecule has 1 atom stereocenters. The van der Waals surface area contributed by atoms with Crippen LogP contribution in [0.1, 0.15) is 39.0 Å². The van der Waals surface area contributed by atoms with Crippen LogP contribution >= 0.6 is 7.60 Å². The number of halogens is 2. The molecule has 0 unspecified atom stereocenters. The highest BCUT2D eigenvalue weighted by molar-refractivity contribution is 7.52. The summed E-state index contributed by atoms with van der Waals surface area (Å²) in [6.07, 6.45) is 4.59. The average molecular weight is 604 g/mol. The Morgan fingerprint density at radius 3 is 2.19 bits per heavy atom. The molecule has 0 aliphatic heterocycles. The number of nitrogens with zero attached hydrogens (tertiary/aromatic N) is 3. The quantitative estimate of drug-likeness (QED) is 0.138. The summed E-state index contributed by atoms with van der Waals surface area (Å²) in [7, 11) is -4.42. The summed E-state index contributed by atoms with van der Waals surface area (Å²) in [4.78, 5) is 30.6. The van der Waals surface area contributed by atoms with Crippen LogP contribution in [0, 0.1) is 0 Å². The van der Waals surface area contributed by atoms with E-state index in [0.717, 1.165) is 28.8 Å². The Kier molecular flexibility index (Phi) is 8.37. The van der Waals surface area contributed by atoms with Crippen LogP contribution in [0.25, 0.3) is 17.1 Å². The van der Waals surface area contributed by atoms with Crippen LogP contribution in [0.2, 0.25) is 0 Å². The number of alkyl halides is 2. The van der Waals surface area contributed by atoms with Crippen molar-refractivity contribution in [1.29, 1.82) is 0 Å². The minimum Gasteiger partial charge on any atom is -0.465 e. The lowest BCUT2D eigenvalue weighted by atomic mass is 9.80. The molecule has 1 heterocycles. The molecule has 11 heteroatoms. The second-order valence-corrected chi connectivity index (χ2v) is 11.7. The summed E-state index contributed by atoms with van der Waals surface area (Å²) in [6, 6.07) is 29.0. The fraction of sp³-hybridized carbons (Fsp3) is 0.156. The van der Waals surface area contributed by atoms with E-state index in [1.165, 1.54) is 19.2 Å². The number of hydrogen-bond acceptors (Lipinski definition) is 5. The van der Waals surface area contributed by atoms with Gasteiger partial charge in [-0.25, -0.2) is 9.48 Å². The predicted octanol–water partition coefficient (Wildman–Crippen LogP) is 6.53. The van der Waals surface area contributed by atoms with Gasteiger partial charge in [-0.2, -0.15) is 8.78 Å². The number of methoxy groups -OCH3 is 1. The van der Waals surface area contributed by atoms with E-state index in [1.54, 1.807) is 28.9 Å². The van der Waals surface area contributed by atoms with Gasteiger partial charge in [-0.05, 0) is 47.4 Å². The van der Waals surface area contributed by atoms with Gasteiger partial charge < -0.3 is 14.5 Å². The Labute approximate surface area is 246 Å². The van der Waals surface area contributed by atoms with Gasteiger partial charge in [0.1, 0.15) is 5.52 Å². The molecule has 0 spiro atoms. The fourth-order valence-corrected chi connectivity index (χ4v) is 5.56. The average Bonchev–Trinajstić information content (AvgIpc) is 3.45. The smallest absolute Gasteiger partial charge is 0.399 e. The largest absolute Gasteiger partial charge is 0.465 e. The SMILES string of the molecule is COC(=O)c1ccc([C@@](C/C=C/c2ccccc2)(Cc2ccc(C(F)(F)P(=O)(O)O)cc2)n2nnc3ccccc32)cc1. The van der Waals surface area contributed by atoms with Crippen LogP contribution in [0.4, 0.5) is 8.78 Å². The van der Waals surface area contributed by atoms with Crippen molar-refractivity contribution in [2.24, 2.45) is 0 Å². The lowest BCUT2D eigenvalue weighted by molar-refractivity contribution is 0.0564. The number of hydrogen-bond donors (Lipinski definition) is 2. The molecular weight excluding hydrogens is 575 g/mol. The standard InChI is InChI=1S/C32H28F2N3O5P/c1-42-30(38)25-15-19-26(20-16-25)31(21-7-10-23-8-3-2-4-9-23,37-29-12-6-5-11-28(29)35-36-37)22-24-13-17-27(18-14-24)32(33,34)43(39,40)41/h2-20H,21-22H2,1H3,(H2,39,40,41)/b10-7+/t31-/m1/s1. The van der Waals surface area contributed by atoms with Gasteiger partial charge in [0.15, 0.2) is 0 Å². The molecule has 0 fully saturated rings. The van der Waals surface area contributed by atoms with Crippen molar-refractivity contribution in [2.75, 3.05) is 7.11 Å². The molecule has 0 radical (unpaired) electrons. The van der Waals surface area contributed by atoms with E-state index in [2.05, 4.69) is 10.3 Å². The summed E-state index contributed by atoms with van der Waals surface area (Å²) in [5.41, 5.74) is -1.99. The van der Waals surface area contributed by atoms with E-state index < -0.39 is 30.3 Å². The maximum absolute atomic E-state index is 14.4. The first-order chi connectivity index (χ1) is 20.5. The predicted molar refractivity (Wildman–Crippen MR) is 159 cm³/mol. The van der Waals surface area contributed by atoms with Crippen molar-refractivity contribution < 1.29 is 32.7 Å². The lowest BCUT2D eigenvalue weighted by Crippen LogP contribution is -2.38. The van der Waals surface area contributed by atoms with E-state index in [1.807, 2.05) is 66.7 Å². The van der Waals surface area contributed by atoms with Crippen molar-refractivity contribution in [2.45, 2.75) is 24.0 Å². The highest BCUT2D eigenvalue weighted by Crippen LogP contribution is 2.59. The molecular formula is C32H28F2N3O5P. The molecule has 2 N–H and O–H groups in total. The zero-order valence-electron chi connectivity index (χ0n) is 23.0. The molecule has 1 aromatic heterocycles. The van der Waals surface area contributed by atoms with Crippen LogP contribution in [0.5, 0.6) is 0 Å². The van der Waals surface area contributed by atoms with E-state index >= 15 is 0 Å². The molecule has 0 aliphatic rings. The first-order valence-electron chi connectivity index (χ1n) is 13.3. The number of benzene rings is 4. The van der Waals surface area contributed by atoms with Crippen molar-refractivity contribution >= 4 is 30.7 Å². The number of allylic oxidation sites excluding steroid dienone is 1. The highest BCUT2D eigenvalue weighted by Gasteiger charge is 2.50. The third-order valence-corrected chi connectivity index (χ3v) is 8.32. The fourth-order valence-electron chi connectivity index (χ4n) is 5.08. The minimum atomic E-state index is -5.72. The number of para-hydroxylation sites is 1. The van der Waals surface area contributed by atoms with Crippen LogP contribution in [0.15, 0.2) is 109 Å². The van der Waals surface area contributed by atoms with Gasteiger partial charge in [0, 0.05) is 12.0 Å². The number of ether oxygens (including phenoxy) is 1. The minimum absolute atomic E-state index is 0.235. The first kappa shape index (κ1) is 30.0. The van der Waals surface area contributed by atoms with Gasteiger partial charge in [-0.15, -0.1) is 5.10 Å². The van der Waals surface area contributed by atoms with E-state index in [-0.39, 0.29) is 6.42 Å². The van der Waals surface area contributed by atoms with Crippen molar-refractivity contribution in [3.8, 4) is 0 Å². The number of carbonyl (C=O) groups excluding carboxylic acids is 1. The van der Waals surface area contributed by atoms with E-state index in [9.17, 15) is 27.9 Å². The van der Waals surface area contributed by atoms with Crippen LogP contribution in [0.3, 0.4) is 0 Å². The molecule has 8 nitrogen and oxygen atoms in total. The summed E-state index contributed by atoms with van der Waals surface area (Å²) < 4.78 is 47.0. The summed E-state index contributed by atoms with van der Waals surface area (Å²) in [5, 5.41) is 8.93. The molecule has 0 saturated heterocycles. The van der Waals surface area contributed by atoms with E-state index in [0.29, 0.717) is 23.1 Å². The van der Waals surface area contributed by atoms with Crippen molar-refractivity contribution in [3.63, 3.8) is 0 Å². The Bertz CT molecular complexity index is 1800. The highest BCUT2D eigenvalue weighted by atomic mass is 31.2. The monoisotopic (exact) mass is 603 g/mol. The third kappa shape index (κ3) is 6.03. The van der Waals surface area contributed by atoms with Gasteiger partial charge in [-0.1, -0.05) is 96.2 Å². The van der Waals surface area contributed by atoms with Gasteiger partial charge in [0.25, 0.3) is 0 Å². The number of aromatic nitrogens is 3. The lowest BCUT2D eigenvalue weighted by Gasteiger charge is -2.35. The molecule has 0 amide bonds. The van der Waals surface area contributed by atoms with Crippen molar-refractivity contribution in [1.82, 2.24) is 15.0 Å². The number of carbonyl (C=O) groups is 1. The van der Waals surface area contributed by atoms with Crippen LogP contribution in [-0.2, 0) is 26.9 Å². The summed E-state index contributed by atoms with van der Waals surface area (Å²) >= 11 is 0. The first-order valence-corrected chi connectivity index (χ1v) is 14.9. The molecule has 5 aromatic rings. The Balaban J connectivity index is 1.67. The Morgan fingerprint density at radius 2 is 1.53 bits per heavy atom. The van der Waals surface area contributed by atoms with Crippen LogP contribution in [-0.4, -0.2) is 37.9 Å². The van der Waals surface area contributed by atoms with Crippen LogP contribution < -0.4 is 0 Å². The van der Waals surface area contributed by atoms with E-state index in [4.69, 9.17) is 4.74 Å². The second-order valence-electron chi connectivity index (χ2n) is 10.1. The number of rotatable bonds is 10. The van der Waals surface area contributed by atoms with Crippen molar-refractivity contribution in [3.05, 3.63) is 137 Å². The maximum atomic E-state index is 14.4. The van der Waals surface area contributed by atoms with Gasteiger partial charge in [-0.3, -0.25) is 4.57 Å². The molecule has 4 aromatic carbocycles. The molecule has 0 saturated carbocycles. The number of fused-ring (bicyclic) bond motifs is 1. The van der Waals surface area contributed by atoms with Gasteiger partial charge >= 0.3 is 19.2 Å². The molecule has 0 aliphatic carbocycles. The zero-order chi connectivity index (χ0) is 30.7. The number of esters is 1. The second kappa shape index (κ2) is 12.0. The summed E-state index contributed by atoms with van der Waals surface area (Å²) in [5.74, 6) is -0.492. The Hall–Kier alpha value is -4.50. The molecule has 5 rings (SSSR count). The Morgan fingerprint density at radius 1 is 0.907 bits per heavy atom. The molecule has 220 valence electrons. The van der Waals surface area contributed by atoms with Gasteiger partial charge in [0.05, 0.1) is 23.7 Å². The third-order valence-electron chi connectivity index (χ3n) is 7.33. The molecule has 0 bridgehead atoms. The molecule has 43 heavy (non-hydrogen) atoms. The summed E-state index contributed by atoms with van der Waals surface area (Å²) in [6.45, 7) is 0.